The lowest BCUT2D eigenvalue weighted by molar-refractivity contribution is 0.470. The number of nitrogens with zero attached hydrogens (tertiary/aromatic N) is 2. The first-order valence-electron chi connectivity index (χ1n) is 5.96. The Morgan fingerprint density at radius 2 is 1.42 bits per heavy atom. The standard InChI is InChI=1S/C15H12ClN3/c16-19-15(13-9-5-2-6-10-13)11-14(17-18-19)12-7-3-1-4-8-12/h1-11,18H. The maximum Gasteiger partial charge on any atom is 0.0944 e. The first-order valence-corrected chi connectivity index (χ1v) is 6.30. The summed E-state index contributed by atoms with van der Waals surface area (Å²) in [6.07, 6.45) is 1.97. The Hall–Kier alpha value is -2.26. The van der Waals surface area contributed by atoms with Gasteiger partial charge < -0.3 is 0 Å². The van der Waals surface area contributed by atoms with Gasteiger partial charge in [-0.3, -0.25) is 0 Å². The average molecular weight is 270 g/mol. The molecular weight excluding hydrogens is 258 g/mol. The van der Waals surface area contributed by atoms with Crippen LogP contribution in [0, 0.1) is 0 Å². The number of hydrogen-bond acceptors (Lipinski definition) is 3. The van der Waals surface area contributed by atoms with E-state index in [4.69, 9.17) is 11.8 Å². The molecule has 0 spiro atoms. The third kappa shape index (κ3) is 2.46. The second-order valence-electron chi connectivity index (χ2n) is 4.14. The van der Waals surface area contributed by atoms with Crippen LogP contribution in [-0.2, 0) is 0 Å². The summed E-state index contributed by atoms with van der Waals surface area (Å²) < 4.78 is 1.39. The van der Waals surface area contributed by atoms with E-state index in [1.165, 1.54) is 4.53 Å². The summed E-state index contributed by atoms with van der Waals surface area (Å²) in [5.41, 5.74) is 6.61. The van der Waals surface area contributed by atoms with Crippen LogP contribution in [0.1, 0.15) is 11.1 Å². The van der Waals surface area contributed by atoms with Gasteiger partial charge >= 0.3 is 0 Å². The molecule has 0 amide bonds. The van der Waals surface area contributed by atoms with Crippen molar-refractivity contribution >= 4 is 23.2 Å². The van der Waals surface area contributed by atoms with Gasteiger partial charge in [-0.1, -0.05) is 60.7 Å². The zero-order valence-corrected chi connectivity index (χ0v) is 10.9. The molecule has 0 aliphatic carbocycles. The molecule has 3 rings (SSSR count). The molecule has 3 nitrogen and oxygen atoms in total. The van der Waals surface area contributed by atoms with E-state index >= 15 is 0 Å². The predicted octanol–water partition coefficient (Wildman–Crippen LogP) is 3.41. The van der Waals surface area contributed by atoms with Gasteiger partial charge in [-0.25, -0.2) is 5.53 Å². The zero-order valence-electron chi connectivity index (χ0n) is 10.1. The molecule has 0 saturated carbocycles. The maximum atomic E-state index is 6.12. The van der Waals surface area contributed by atoms with Gasteiger partial charge in [0.15, 0.2) is 0 Å². The van der Waals surface area contributed by atoms with E-state index in [0.717, 1.165) is 22.5 Å². The Morgan fingerprint density at radius 3 is 2.05 bits per heavy atom. The van der Waals surface area contributed by atoms with E-state index in [1.54, 1.807) is 0 Å². The summed E-state index contributed by atoms with van der Waals surface area (Å²) in [6, 6.07) is 20.0. The summed E-state index contributed by atoms with van der Waals surface area (Å²) in [5.74, 6) is 0. The first kappa shape index (κ1) is 11.8. The number of nitrogens with one attached hydrogen (secondary N) is 1. The summed E-state index contributed by atoms with van der Waals surface area (Å²) in [6.45, 7) is 0. The van der Waals surface area contributed by atoms with E-state index in [1.807, 2.05) is 66.7 Å². The second-order valence-corrected chi connectivity index (χ2v) is 4.48. The second kappa shape index (κ2) is 5.16. The number of hydrogen-bond donors (Lipinski definition) is 1. The van der Waals surface area contributed by atoms with Gasteiger partial charge in [0.25, 0.3) is 0 Å². The molecule has 0 bridgehead atoms. The Balaban J connectivity index is 2.00. The summed E-state index contributed by atoms with van der Waals surface area (Å²) in [4.78, 5) is 0. The van der Waals surface area contributed by atoms with Crippen molar-refractivity contribution in [1.29, 1.82) is 0 Å². The van der Waals surface area contributed by atoms with Crippen molar-refractivity contribution in [3.8, 4) is 0 Å². The van der Waals surface area contributed by atoms with Gasteiger partial charge in [0.1, 0.15) is 0 Å². The quantitative estimate of drug-likeness (QED) is 0.846. The van der Waals surface area contributed by atoms with Crippen LogP contribution in [0.5, 0.6) is 0 Å². The molecule has 0 radical (unpaired) electrons. The third-order valence-corrected chi connectivity index (χ3v) is 3.14. The monoisotopic (exact) mass is 269 g/mol. The van der Waals surface area contributed by atoms with Crippen molar-refractivity contribution in [2.75, 3.05) is 0 Å². The Morgan fingerprint density at radius 1 is 0.842 bits per heavy atom. The molecule has 1 aliphatic rings. The van der Waals surface area contributed by atoms with Crippen LogP contribution in [0.4, 0.5) is 0 Å². The molecule has 2 aromatic carbocycles. The normalized spacial score (nSPS) is 14.5. The van der Waals surface area contributed by atoms with E-state index in [-0.39, 0.29) is 0 Å². The Kier molecular flexibility index (Phi) is 3.21. The highest BCUT2D eigenvalue weighted by Crippen LogP contribution is 2.23. The third-order valence-electron chi connectivity index (χ3n) is 2.88. The molecule has 94 valence electrons. The molecule has 0 atom stereocenters. The molecule has 19 heavy (non-hydrogen) atoms. The molecule has 2 aromatic rings. The molecule has 1 heterocycles. The minimum absolute atomic E-state index is 0.858. The largest absolute Gasteiger partial charge is 0.203 e. The molecule has 0 aromatic heterocycles. The lowest BCUT2D eigenvalue weighted by Gasteiger charge is -2.23. The minimum atomic E-state index is 0.858. The lowest BCUT2D eigenvalue weighted by atomic mass is 10.1. The van der Waals surface area contributed by atoms with Crippen LogP contribution >= 0.6 is 11.8 Å². The van der Waals surface area contributed by atoms with Crippen LogP contribution in [-0.4, -0.2) is 10.2 Å². The minimum Gasteiger partial charge on any atom is -0.203 e. The van der Waals surface area contributed by atoms with Crippen molar-refractivity contribution in [3.63, 3.8) is 0 Å². The number of rotatable bonds is 2. The number of hydrazone groups is 1. The van der Waals surface area contributed by atoms with Crippen LogP contribution in [0.25, 0.3) is 5.70 Å². The lowest BCUT2D eigenvalue weighted by Crippen LogP contribution is -2.29. The molecule has 0 unspecified atom stereocenters. The van der Waals surface area contributed by atoms with Crippen LogP contribution in [0.2, 0.25) is 0 Å². The van der Waals surface area contributed by atoms with Gasteiger partial charge in [-0.2, -0.15) is 9.63 Å². The average Bonchev–Trinajstić information content (AvgIpc) is 2.49. The molecule has 0 saturated heterocycles. The van der Waals surface area contributed by atoms with Crippen LogP contribution in [0.3, 0.4) is 0 Å². The molecule has 1 aliphatic heterocycles. The summed E-state index contributed by atoms with van der Waals surface area (Å²) in [5, 5.41) is 4.24. The fourth-order valence-electron chi connectivity index (χ4n) is 1.93. The maximum absolute atomic E-state index is 6.12. The first-order chi connectivity index (χ1) is 9.34. The summed E-state index contributed by atoms with van der Waals surface area (Å²) >= 11 is 6.12. The number of allylic oxidation sites excluding steroid dienone is 1. The van der Waals surface area contributed by atoms with Gasteiger partial charge in [-0.15, -0.1) is 0 Å². The summed E-state index contributed by atoms with van der Waals surface area (Å²) in [7, 11) is 0. The highest BCUT2D eigenvalue weighted by atomic mass is 35.5. The fourth-order valence-corrected chi connectivity index (χ4v) is 2.12. The van der Waals surface area contributed by atoms with Crippen molar-refractivity contribution in [3.05, 3.63) is 77.9 Å². The number of hydrazine groups is 1. The number of benzene rings is 2. The number of halogens is 1. The van der Waals surface area contributed by atoms with Crippen molar-refractivity contribution in [1.82, 2.24) is 10.1 Å². The zero-order chi connectivity index (χ0) is 13.1. The van der Waals surface area contributed by atoms with E-state index < -0.39 is 0 Å². The van der Waals surface area contributed by atoms with E-state index in [2.05, 4.69) is 10.6 Å². The Bertz CT molecular complexity index is 620. The van der Waals surface area contributed by atoms with E-state index in [9.17, 15) is 0 Å². The SMILES string of the molecule is ClN1NN=C(c2ccccc2)C=C1c1ccccc1. The molecule has 1 N–H and O–H groups in total. The van der Waals surface area contributed by atoms with Gasteiger partial charge in [0, 0.05) is 22.9 Å². The molecular formula is C15H12ClN3. The van der Waals surface area contributed by atoms with E-state index in [0.29, 0.717) is 0 Å². The van der Waals surface area contributed by atoms with Crippen molar-refractivity contribution < 1.29 is 0 Å². The van der Waals surface area contributed by atoms with Crippen molar-refractivity contribution in [2.45, 2.75) is 0 Å². The smallest absolute Gasteiger partial charge is 0.0944 e. The predicted molar refractivity (Wildman–Crippen MR) is 78.2 cm³/mol. The highest BCUT2D eigenvalue weighted by molar-refractivity contribution is 6.21. The molecule has 4 heteroatoms. The van der Waals surface area contributed by atoms with Crippen LogP contribution < -0.4 is 5.53 Å². The Labute approximate surface area is 116 Å². The highest BCUT2D eigenvalue weighted by Gasteiger charge is 2.15. The van der Waals surface area contributed by atoms with Gasteiger partial charge in [-0.05, 0) is 6.08 Å². The van der Waals surface area contributed by atoms with Crippen LogP contribution in [0.15, 0.2) is 71.8 Å². The van der Waals surface area contributed by atoms with Gasteiger partial charge in [0.2, 0.25) is 0 Å². The molecule has 0 fully saturated rings. The van der Waals surface area contributed by atoms with Crippen molar-refractivity contribution in [2.24, 2.45) is 5.10 Å². The topological polar surface area (TPSA) is 27.6 Å². The van der Waals surface area contributed by atoms with Gasteiger partial charge in [0.05, 0.1) is 11.4 Å². The fraction of sp³-hybridized carbons (Fsp3) is 0.